The first-order valence-corrected chi connectivity index (χ1v) is 11.7. The number of aliphatic hydroxyl groups excluding tert-OH is 1. The van der Waals surface area contributed by atoms with Crippen molar-refractivity contribution in [2.75, 3.05) is 50.5 Å². The first kappa shape index (κ1) is 23.4. The van der Waals surface area contributed by atoms with Crippen LogP contribution in [0, 0.1) is 17.6 Å². The highest BCUT2D eigenvalue weighted by molar-refractivity contribution is 5.95. The Morgan fingerprint density at radius 1 is 1.29 bits per heavy atom. The number of aromatic nitrogens is 3. The highest BCUT2D eigenvalue weighted by atomic mass is 19.1. The van der Waals surface area contributed by atoms with Crippen LogP contribution in [0.5, 0.6) is 0 Å². The number of carbonyl (C=O) groups is 1. The van der Waals surface area contributed by atoms with Gasteiger partial charge in [0.05, 0.1) is 29.4 Å². The first-order chi connectivity index (χ1) is 16.8. The second-order valence-corrected chi connectivity index (χ2v) is 9.61. The summed E-state index contributed by atoms with van der Waals surface area (Å²) in [5, 5.41) is 21.2. The molecule has 2 amide bonds. The van der Waals surface area contributed by atoms with Gasteiger partial charge in [0.25, 0.3) is 0 Å². The number of pyridine rings is 1. The molecule has 0 radical (unpaired) electrons. The number of nitrogens with zero attached hydrogens (tertiary/aromatic N) is 5. The van der Waals surface area contributed by atoms with E-state index in [1.54, 1.807) is 17.2 Å². The lowest BCUT2D eigenvalue weighted by atomic mass is 10.0. The molecule has 3 aromatic rings. The molecule has 3 N–H and O–H groups in total. The molecule has 2 fully saturated rings. The average molecular weight is 486 g/mol. The summed E-state index contributed by atoms with van der Waals surface area (Å²) < 4.78 is 28.4. The van der Waals surface area contributed by atoms with E-state index < -0.39 is 17.7 Å². The topological polar surface area (TPSA) is 101 Å². The minimum atomic E-state index is -0.570. The smallest absolute Gasteiger partial charge is 0.321 e. The van der Waals surface area contributed by atoms with Crippen LogP contribution in [0.15, 0.2) is 30.5 Å². The van der Waals surface area contributed by atoms with Crippen LogP contribution in [-0.4, -0.2) is 82.5 Å². The normalized spacial score (nSPS) is 22.5. The van der Waals surface area contributed by atoms with Gasteiger partial charge < -0.3 is 25.1 Å². The summed E-state index contributed by atoms with van der Waals surface area (Å²) in [5.41, 5.74) is 1.32. The molecule has 0 spiro atoms. The molecule has 11 heteroatoms. The molecule has 35 heavy (non-hydrogen) atoms. The Morgan fingerprint density at radius 3 is 2.91 bits per heavy atom. The molecule has 0 saturated carbocycles. The van der Waals surface area contributed by atoms with E-state index in [2.05, 4.69) is 20.5 Å². The number of likely N-dealkylation sites (tertiary alicyclic amines) is 1. The van der Waals surface area contributed by atoms with Crippen LogP contribution >= 0.6 is 0 Å². The summed E-state index contributed by atoms with van der Waals surface area (Å²) in [6, 6.07) is 4.62. The van der Waals surface area contributed by atoms with E-state index in [0.29, 0.717) is 54.2 Å². The molecule has 0 bridgehead atoms. The zero-order valence-electron chi connectivity index (χ0n) is 19.7. The molecule has 0 aliphatic carbocycles. The number of β-amino-alcohol motifs (C(OH)–C–C–N with tert-alkyl or cyclic N) is 1. The lowest BCUT2D eigenvalue weighted by Crippen LogP contribution is -2.34. The fourth-order valence-corrected chi connectivity index (χ4v) is 5.16. The van der Waals surface area contributed by atoms with Gasteiger partial charge in [-0.1, -0.05) is 0 Å². The number of benzene rings is 1. The lowest BCUT2D eigenvalue weighted by Gasteiger charge is -2.25. The predicted octanol–water partition coefficient (Wildman–Crippen LogP) is 2.96. The number of urea groups is 1. The van der Waals surface area contributed by atoms with Crippen LogP contribution in [0.25, 0.3) is 11.0 Å². The second-order valence-electron chi connectivity index (χ2n) is 9.61. The van der Waals surface area contributed by atoms with E-state index in [-0.39, 0.29) is 24.5 Å². The van der Waals surface area contributed by atoms with E-state index in [4.69, 9.17) is 0 Å². The summed E-state index contributed by atoms with van der Waals surface area (Å²) >= 11 is 0. The number of carbonyl (C=O) groups excluding carboxylic acids is 1. The first-order valence-electron chi connectivity index (χ1n) is 11.7. The molecule has 2 aliphatic rings. The van der Waals surface area contributed by atoms with E-state index in [9.17, 15) is 18.7 Å². The van der Waals surface area contributed by atoms with Crippen molar-refractivity contribution in [1.82, 2.24) is 25.0 Å². The minimum absolute atomic E-state index is 0.00727. The fraction of sp³-hybridized carbons (Fsp3) is 0.458. The predicted molar refractivity (Wildman–Crippen MR) is 128 cm³/mol. The Kier molecular flexibility index (Phi) is 6.28. The molecular formula is C24H29F2N7O2. The summed E-state index contributed by atoms with van der Waals surface area (Å²) in [5.74, 6) is -0.356. The van der Waals surface area contributed by atoms with Gasteiger partial charge in [-0.2, -0.15) is 5.10 Å². The van der Waals surface area contributed by atoms with Gasteiger partial charge in [-0.15, -0.1) is 0 Å². The van der Waals surface area contributed by atoms with Crippen molar-refractivity contribution in [3.8, 4) is 0 Å². The standard InChI is InChI=1S/C24H29F2N7O2/c1-31(2)11-14-12-32(13-21(14)34)24(35)28-16-9-18-22(27-10-16)29-30-23(18)33-7-3-4-20(33)17-8-15(25)5-6-19(17)26/h5-6,8-10,14,20-21,34H,3-4,7,11-13H2,1-2H3,(H,28,35)(H,27,29,30)/t14?,20-,21?/m1/s1. The minimum Gasteiger partial charge on any atom is -0.391 e. The third-order valence-electron chi connectivity index (χ3n) is 6.78. The molecule has 3 atom stereocenters. The maximum absolute atomic E-state index is 14.5. The lowest BCUT2D eigenvalue weighted by molar-refractivity contribution is 0.127. The molecule has 4 heterocycles. The highest BCUT2D eigenvalue weighted by Crippen LogP contribution is 2.39. The molecule has 2 aromatic heterocycles. The van der Waals surface area contributed by atoms with Gasteiger partial charge in [0.15, 0.2) is 11.5 Å². The Morgan fingerprint density at radius 2 is 2.11 bits per heavy atom. The Bertz CT molecular complexity index is 1230. The van der Waals surface area contributed by atoms with Crippen molar-refractivity contribution in [3.63, 3.8) is 0 Å². The number of hydrogen-bond donors (Lipinski definition) is 3. The third kappa shape index (κ3) is 4.65. The van der Waals surface area contributed by atoms with Gasteiger partial charge in [0, 0.05) is 37.7 Å². The van der Waals surface area contributed by atoms with Crippen LogP contribution in [0.1, 0.15) is 24.4 Å². The van der Waals surface area contributed by atoms with Crippen LogP contribution in [-0.2, 0) is 0 Å². The molecule has 2 unspecified atom stereocenters. The van der Waals surface area contributed by atoms with Crippen molar-refractivity contribution in [2.45, 2.75) is 25.0 Å². The van der Waals surface area contributed by atoms with E-state index in [1.807, 2.05) is 23.9 Å². The SMILES string of the molecule is CN(C)CC1CN(C(=O)Nc2cnc3[nH]nc(N4CCC[C@@H]4c4cc(F)ccc4F)c3c2)CC1O. The maximum Gasteiger partial charge on any atom is 0.321 e. The number of aliphatic hydroxyl groups is 1. The Labute approximate surface area is 201 Å². The number of H-pyrrole nitrogens is 1. The van der Waals surface area contributed by atoms with Crippen LogP contribution in [0.4, 0.5) is 25.1 Å². The van der Waals surface area contributed by atoms with Crippen molar-refractivity contribution in [2.24, 2.45) is 5.92 Å². The van der Waals surface area contributed by atoms with Crippen molar-refractivity contribution >= 4 is 28.6 Å². The molecular weight excluding hydrogens is 456 g/mol. The molecule has 186 valence electrons. The highest BCUT2D eigenvalue weighted by Gasteiger charge is 2.35. The number of rotatable bonds is 5. The number of fused-ring (bicyclic) bond motifs is 1. The molecule has 2 saturated heterocycles. The molecule has 2 aliphatic heterocycles. The average Bonchev–Trinajstić information content (AvgIpc) is 3.53. The summed E-state index contributed by atoms with van der Waals surface area (Å²) in [7, 11) is 3.87. The van der Waals surface area contributed by atoms with E-state index in [0.717, 1.165) is 18.6 Å². The summed E-state index contributed by atoms with van der Waals surface area (Å²) in [6.45, 7) is 2.06. The number of hydrogen-bond acceptors (Lipinski definition) is 6. The van der Waals surface area contributed by atoms with E-state index >= 15 is 0 Å². The van der Waals surface area contributed by atoms with Gasteiger partial charge in [-0.3, -0.25) is 5.10 Å². The molecule has 1 aromatic carbocycles. The maximum atomic E-state index is 14.5. The monoisotopic (exact) mass is 485 g/mol. The second kappa shape index (κ2) is 9.38. The van der Waals surface area contributed by atoms with E-state index in [1.165, 1.54) is 6.07 Å². The Hall–Kier alpha value is -3.31. The number of aromatic amines is 1. The van der Waals surface area contributed by atoms with Gasteiger partial charge in [0.2, 0.25) is 0 Å². The van der Waals surface area contributed by atoms with Crippen LogP contribution < -0.4 is 10.2 Å². The van der Waals surface area contributed by atoms with Crippen LogP contribution in [0.3, 0.4) is 0 Å². The summed E-state index contributed by atoms with van der Waals surface area (Å²) in [4.78, 5) is 22.8. The van der Waals surface area contributed by atoms with Crippen molar-refractivity contribution < 1.29 is 18.7 Å². The zero-order chi connectivity index (χ0) is 24.7. The fourth-order valence-electron chi connectivity index (χ4n) is 5.16. The molecule has 9 nitrogen and oxygen atoms in total. The molecule has 5 rings (SSSR count). The third-order valence-corrected chi connectivity index (χ3v) is 6.78. The van der Waals surface area contributed by atoms with Gasteiger partial charge in [0.1, 0.15) is 11.6 Å². The Balaban J connectivity index is 1.36. The summed E-state index contributed by atoms with van der Waals surface area (Å²) in [6.07, 6.45) is 2.45. The number of halogens is 2. The van der Waals surface area contributed by atoms with Gasteiger partial charge in [-0.25, -0.2) is 18.6 Å². The zero-order valence-corrected chi connectivity index (χ0v) is 19.7. The van der Waals surface area contributed by atoms with Crippen molar-refractivity contribution in [1.29, 1.82) is 0 Å². The van der Waals surface area contributed by atoms with Crippen LogP contribution in [0.2, 0.25) is 0 Å². The number of nitrogens with one attached hydrogen (secondary N) is 2. The van der Waals surface area contributed by atoms with Gasteiger partial charge >= 0.3 is 6.03 Å². The number of amides is 2. The van der Waals surface area contributed by atoms with Gasteiger partial charge in [-0.05, 0) is 51.2 Å². The number of anilines is 2. The largest absolute Gasteiger partial charge is 0.391 e. The van der Waals surface area contributed by atoms with Crippen molar-refractivity contribution in [3.05, 3.63) is 47.7 Å². The quantitative estimate of drug-likeness (QED) is 0.514.